The van der Waals surface area contributed by atoms with Crippen LogP contribution in [0.1, 0.15) is 47.8 Å². The molecular weight excluding hydrogens is 462 g/mol. The third kappa shape index (κ3) is 4.44. The number of rotatable bonds is 5. The minimum Gasteiger partial charge on any atom is -0.453 e. The summed E-state index contributed by atoms with van der Waals surface area (Å²) in [6, 6.07) is 0.195. The van der Waals surface area contributed by atoms with Crippen molar-refractivity contribution in [1.29, 1.82) is 0 Å². The van der Waals surface area contributed by atoms with E-state index in [0.717, 1.165) is 0 Å². The summed E-state index contributed by atoms with van der Waals surface area (Å²) in [5, 5.41) is 0.107. The maximum atomic E-state index is 12.1. The van der Waals surface area contributed by atoms with Crippen molar-refractivity contribution in [2.24, 2.45) is 7.05 Å². The fourth-order valence-electron chi connectivity index (χ4n) is 3.30. The number of aromatic nitrogens is 3. The first-order chi connectivity index (χ1) is 14.4. The molecule has 1 aromatic heterocycles. The van der Waals surface area contributed by atoms with Crippen molar-refractivity contribution in [1.82, 2.24) is 14.1 Å². The molecule has 2 aliphatic rings. The molecule has 0 aromatic carbocycles. The van der Waals surface area contributed by atoms with Gasteiger partial charge in [0.15, 0.2) is 33.7 Å². The van der Waals surface area contributed by atoms with Crippen LogP contribution >= 0.6 is 12.2 Å². The van der Waals surface area contributed by atoms with Crippen LogP contribution in [0.5, 0.6) is 6.01 Å². The molecule has 0 aliphatic carbocycles. The van der Waals surface area contributed by atoms with E-state index < -0.39 is 34.7 Å². The first-order valence-corrected chi connectivity index (χ1v) is 17.4. The molecule has 11 heteroatoms. The molecular formula is C21H39N3O5SSi2. The average Bonchev–Trinajstić information content (AvgIpc) is 3.12. The quantitative estimate of drug-likeness (QED) is 0.438. The third-order valence-corrected chi connectivity index (χ3v) is 17.1. The molecule has 3 heterocycles. The molecule has 1 fully saturated rings. The number of fused-ring (bicyclic) bond motifs is 3. The van der Waals surface area contributed by atoms with Crippen molar-refractivity contribution in [2.45, 2.75) is 102 Å². The van der Waals surface area contributed by atoms with Crippen LogP contribution < -0.4 is 10.4 Å². The number of nitrogens with zero attached hydrogens (tertiary/aromatic N) is 3. The molecule has 0 spiro atoms. The van der Waals surface area contributed by atoms with Gasteiger partial charge in [-0.05, 0) is 48.5 Å². The van der Waals surface area contributed by atoms with Crippen LogP contribution in [-0.2, 0) is 20.6 Å². The van der Waals surface area contributed by atoms with Crippen LogP contribution in [0.3, 0.4) is 0 Å². The minimum absolute atomic E-state index is 0.0184. The standard InChI is InChI=1S/C21H39N3O5SSi2/c1-20(2,3)31(8,9)26-12-13-14(29-32(10,11)21(4,5)6)15-16(27-13)24-18(28-15)22-17(25)23(7)19(24)30/h13-16H,12H2,1-11H3/t13-,14-,15+,16-/m1/s1. The van der Waals surface area contributed by atoms with Gasteiger partial charge in [-0.2, -0.15) is 0 Å². The minimum atomic E-state index is -2.15. The maximum absolute atomic E-state index is 12.1. The first kappa shape index (κ1) is 25.8. The van der Waals surface area contributed by atoms with Crippen LogP contribution in [-0.4, -0.2) is 55.7 Å². The largest absolute Gasteiger partial charge is 0.453 e. The van der Waals surface area contributed by atoms with Gasteiger partial charge in [-0.15, -0.1) is 4.98 Å². The van der Waals surface area contributed by atoms with E-state index in [-0.39, 0.29) is 28.3 Å². The first-order valence-electron chi connectivity index (χ1n) is 11.2. The SMILES string of the molecule is Cn1c(=O)nc2n(c1=S)[C@@H]1O[C@H](CO[Si](C)(C)C(C)(C)C)[C@@H](O[Si](C)(C)C(C)(C)C)[C@@H]1O2. The highest BCUT2D eigenvalue weighted by atomic mass is 32.1. The van der Waals surface area contributed by atoms with E-state index in [2.05, 4.69) is 72.7 Å². The Hall–Kier alpha value is -0.856. The summed E-state index contributed by atoms with van der Waals surface area (Å²) < 4.78 is 29.3. The van der Waals surface area contributed by atoms with E-state index in [1.165, 1.54) is 4.57 Å². The highest BCUT2D eigenvalue weighted by molar-refractivity contribution is 7.71. The Kier molecular flexibility index (Phi) is 6.54. The van der Waals surface area contributed by atoms with Gasteiger partial charge >= 0.3 is 11.7 Å². The monoisotopic (exact) mass is 501 g/mol. The van der Waals surface area contributed by atoms with E-state index in [0.29, 0.717) is 11.4 Å². The van der Waals surface area contributed by atoms with Gasteiger partial charge in [0.05, 0.1) is 6.61 Å². The number of ether oxygens (including phenoxy) is 2. The molecule has 4 atom stereocenters. The Labute approximate surface area is 198 Å². The Bertz CT molecular complexity index is 993. The van der Waals surface area contributed by atoms with Gasteiger partial charge in [-0.3, -0.25) is 4.57 Å². The van der Waals surface area contributed by atoms with Gasteiger partial charge in [0.1, 0.15) is 12.2 Å². The molecule has 1 aromatic rings. The number of hydrogen-bond donors (Lipinski definition) is 0. The Morgan fingerprint density at radius 3 is 2.16 bits per heavy atom. The highest BCUT2D eigenvalue weighted by Gasteiger charge is 2.56. The van der Waals surface area contributed by atoms with E-state index >= 15 is 0 Å². The molecule has 0 bridgehead atoms. The van der Waals surface area contributed by atoms with Gasteiger partial charge in [0, 0.05) is 7.05 Å². The van der Waals surface area contributed by atoms with E-state index in [1.54, 1.807) is 11.6 Å². The summed E-state index contributed by atoms with van der Waals surface area (Å²) in [5.41, 5.74) is -0.444. The second kappa shape index (κ2) is 8.12. The molecule has 0 radical (unpaired) electrons. The van der Waals surface area contributed by atoms with Crippen molar-refractivity contribution in [2.75, 3.05) is 6.61 Å². The predicted octanol–water partition coefficient (Wildman–Crippen LogP) is 4.38. The molecule has 1 saturated heterocycles. The van der Waals surface area contributed by atoms with Gasteiger partial charge < -0.3 is 18.3 Å². The summed E-state index contributed by atoms with van der Waals surface area (Å²) in [6.07, 6.45) is -1.59. The summed E-state index contributed by atoms with van der Waals surface area (Å²) in [4.78, 5) is 16.2. The van der Waals surface area contributed by atoms with Gasteiger partial charge in [-0.1, -0.05) is 41.5 Å². The summed E-state index contributed by atoms with van der Waals surface area (Å²) >= 11 is 5.52. The molecule has 3 rings (SSSR count). The lowest BCUT2D eigenvalue weighted by Gasteiger charge is -2.41. The zero-order valence-corrected chi connectivity index (χ0v) is 24.1. The summed E-state index contributed by atoms with van der Waals surface area (Å²) in [5.74, 6) is 0. The molecule has 0 saturated carbocycles. The van der Waals surface area contributed by atoms with Crippen molar-refractivity contribution in [3.05, 3.63) is 15.3 Å². The topological polar surface area (TPSA) is 76.7 Å². The Morgan fingerprint density at radius 1 is 1.06 bits per heavy atom. The average molecular weight is 502 g/mol. The zero-order chi connectivity index (χ0) is 24.4. The van der Waals surface area contributed by atoms with E-state index in [1.807, 2.05) is 0 Å². The lowest BCUT2D eigenvalue weighted by Crippen LogP contribution is -2.51. The molecule has 0 unspecified atom stereocenters. The normalized spacial score (nSPS) is 26.1. The molecule has 2 aliphatic heterocycles. The smallest absolute Gasteiger partial charge is 0.354 e. The molecule has 0 amide bonds. The lowest BCUT2D eigenvalue weighted by atomic mass is 10.1. The third-order valence-electron chi connectivity index (χ3n) is 7.61. The van der Waals surface area contributed by atoms with Crippen molar-refractivity contribution in [3.63, 3.8) is 0 Å². The van der Waals surface area contributed by atoms with Crippen LogP contribution in [0.15, 0.2) is 4.79 Å². The second-order valence-corrected chi connectivity index (χ2v) is 21.9. The van der Waals surface area contributed by atoms with Gasteiger partial charge in [0.2, 0.25) is 0 Å². The van der Waals surface area contributed by atoms with Crippen LogP contribution in [0.25, 0.3) is 0 Å². The second-order valence-electron chi connectivity index (χ2n) is 12.0. The molecule has 0 N–H and O–H groups in total. The lowest BCUT2D eigenvalue weighted by molar-refractivity contribution is -0.0395. The van der Waals surface area contributed by atoms with E-state index in [9.17, 15) is 4.79 Å². The molecule has 182 valence electrons. The van der Waals surface area contributed by atoms with Crippen molar-refractivity contribution in [3.8, 4) is 6.01 Å². The maximum Gasteiger partial charge on any atom is 0.354 e. The predicted molar refractivity (Wildman–Crippen MR) is 132 cm³/mol. The Balaban J connectivity index is 1.96. The fraction of sp³-hybridized carbons (Fsp3) is 0.857. The van der Waals surface area contributed by atoms with Gasteiger partial charge in [0.25, 0.3) is 0 Å². The van der Waals surface area contributed by atoms with Crippen molar-refractivity contribution < 1.29 is 18.3 Å². The van der Waals surface area contributed by atoms with Gasteiger partial charge in [-0.25, -0.2) is 9.36 Å². The van der Waals surface area contributed by atoms with Crippen LogP contribution in [0.4, 0.5) is 0 Å². The zero-order valence-electron chi connectivity index (χ0n) is 21.3. The molecule has 8 nitrogen and oxygen atoms in total. The fourth-order valence-corrected chi connectivity index (χ4v) is 5.89. The van der Waals surface area contributed by atoms with Crippen molar-refractivity contribution >= 4 is 28.9 Å². The summed E-state index contributed by atoms with van der Waals surface area (Å²) in [6.45, 7) is 22.6. The molecule has 32 heavy (non-hydrogen) atoms. The van der Waals surface area contributed by atoms with Crippen LogP contribution in [0.2, 0.25) is 36.3 Å². The van der Waals surface area contributed by atoms with Crippen LogP contribution in [0, 0.1) is 4.77 Å². The van der Waals surface area contributed by atoms with E-state index in [4.69, 9.17) is 30.5 Å². The Morgan fingerprint density at radius 2 is 1.62 bits per heavy atom. The highest BCUT2D eigenvalue weighted by Crippen LogP contribution is 2.46. The number of hydrogen-bond acceptors (Lipinski definition) is 7. The summed E-state index contributed by atoms with van der Waals surface area (Å²) in [7, 11) is -2.53.